The van der Waals surface area contributed by atoms with Crippen molar-refractivity contribution >= 4 is 23.2 Å². The lowest BCUT2D eigenvalue weighted by Crippen LogP contribution is -2.53. The van der Waals surface area contributed by atoms with E-state index in [2.05, 4.69) is 41.5 Å². The molecule has 0 atom stereocenters. The predicted octanol–water partition coefficient (Wildman–Crippen LogP) is 1.71. The van der Waals surface area contributed by atoms with Crippen LogP contribution in [0.4, 0.5) is 5.95 Å². The van der Waals surface area contributed by atoms with Crippen molar-refractivity contribution in [1.29, 1.82) is 0 Å². The monoisotopic (exact) mass is 444 g/mol. The fourth-order valence-electron chi connectivity index (χ4n) is 4.08. The Bertz CT molecular complexity index is 846. The SMILES string of the molecule is CCOc1cc(C)nc(N2CCN(CC(=O)N3CCN(Cc4ccsc4)CC3)CC2)n1. The summed E-state index contributed by atoms with van der Waals surface area (Å²) >= 11 is 1.74. The van der Waals surface area contributed by atoms with Crippen LogP contribution in [-0.2, 0) is 11.3 Å². The number of aryl methyl sites for hydroxylation is 1. The molecule has 0 spiro atoms. The number of rotatable bonds is 7. The molecule has 2 saturated heterocycles. The number of amides is 1. The first-order valence-corrected chi connectivity index (χ1v) is 12.0. The van der Waals surface area contributed by atoms with Gasteiger partial charge in [-0.15, -0.1) is 0 Å². The molecule has 0 aromatic carbocycles. The molecule has 0 bridgehead atoms. The lowest BCUT2D eigenvalue weighted by molar-refractivity contribution is -0.134. The van der Waals surface area contributed by atoms with Crippen molar-refractivity contribution in [1.82, 2.24) is 24.7 Å². The normalized spacial score (nSPS) is 18.4. The zero-order valence-corrected chi connectivity index (χ0v) is 19.3. The Hall–Kier alpha value is -2.23. The van der Waals surface area contributed by atoms with Gasteiger partial charge in [-0.3, -0.25) is 14.6 Å². The van der Waals surface area contributed by atoms with E-state index in [1.165, 1.54) is 5.56 Å². The zero-order chi connectivity index (χ0) is 21.6. The Morgan fingerprint density at radius 2 is 1.81 bits per heavy atom. The minimum Gasteiger partial charge on any atom is -0.478 e. The van der Waals surface area contributed by atoms with E-state index in [0.29, 0.717) is 19.0 Å². The highest BCUT2D eigenvalue weighted by Gasteiger charge is 2.25. The molecule has 0 aliphatic carbocycles. The van der Waals surface area contributed by atoms with Crippen LogP contribution in [0, 0.1) is 6.92 Å². The highest BCUT2D eigenvalue weighted by molar-refractivity contribution is 7.07. The van der Waals surface area contributed by atoms with Crippen LogP contribution < -0.4 is 9.64 Å². The van der Waals surface area contributed by atoms with Gasteiger partial charge in [0.2, 0.25) is 17.7 Å². The van der Waals surface area contributed by atoms with E-state index in [1.54, 1.807) is 11.3 Å². The summed E-state index contributed by atoms with van der Waals surface area (Å²) in [5, 5.41) is 4.33. The first-order valence-electron chi connectivity index (χ1n) is 11.1. The first-order chi connectivity index (χ1) is 15.1. The molecule has 2 aliphatic heterocycles. The fraction of sp³-hybridized carbons (Fsp3) is 0.591. The van der Waals surface area contributed by atoms with Gasteiger partial charge in [0, 0.05) is 70.7 Å². The number of ether oxygens (including phenoxy) is 1. The van der Waals surface area contributed by atoms with Crippen LogP contribution >= 0.6 is 11.3 Å². The Labute approximate surface area is 188 Å². The number of hydrogen-bond acceptors (Lipinski definition) is 8. The Kier molecular flexibility index (Phi) is 7.37. The average Bonchev–Trinajstić information content (AvgIpc) is 3.28. The molecule has 168 valence electrons. The Morgan fingerprint density at radius 1 is 1.06 bits per heavy atom. The van der Waals surface area contributed by atoms with Gasteiger partial charge in [0.25, 0.3) is 0 Å². The molecule has 0 saturated carbocycles. The molecule has 2 aromatic heterocycles. The van der Waals surface area contributed by atoms with E-state index < -0.39 is 0 Å². The second-order valence-electron chi connectivity index (χ2n) is 8.13. The van der Waals surface area contributed by atoms with E-state index in [4.69, 9.17) is 4.74 Å². The summed E-state index contributed by atoms with van der Waals surface area (Å²) < 4.78 is 5.55. The molecule has 8 nitrogen and oxygen atoms in total. The molecule has 0 unspecified atom stereocenters. The molecule has 2 fully saturated rings. The molecule has 2 aliphatic rings. The highest BCUT2D eigenvalue weighted by atomic mass is 32.1. The number of anilines is 1. The smallest absolute Gasteiger partial charge is 0.236 e. The summed E-state index contributed by atoms with van der Waals surface area (Å²) in [4.78, 5) is 30.8. The highest BCUT2D eigenvalue weighted by Crippen LogP contribution is 2.17. The van der Waals surface area contributed by atoms with Gasteiger partial charge in [0.05, 0.1) is 13.2 Å². The second-order valence-corrected chi connectivity index (χ2v) is 8.91. The van der Waals surface area contributed by atoms with Crippen LogP contribution in [0.15, 0.2) is 22.9 Å². The number of aromatic nitrogens is 2. The first kappa shape index (κ1) is 22.0. The number of nitrogens with zero attached hydrogens (tertiary/aromatic N) is 6. The van der Waals surface area contributed by atoms with E-state index in [9.17, 15) is 4.79 Å². The maximum atomic E-state index is 12.8. The minimum atomic E-state index is 0.245. The van der Waals surface area contributed by atoms with Gasteiger partial charge in [-0.05, 0) is 36.2 Å². The van der Waals surface area contributed by atoms with Crippen molar-refractivity contribution < 1.29 is 9.53 Å². The number of carbonyl (C=O) groups excluding carboxylic acids is 1. The summed E-state index contributed by atoms with van der Waals surface area (Å²) in [6.45, 7) is 12.8. The number of hydrogen-bond donors (Lipinski definition) is 0. The molecule has 0 radical (unpaired) electrons. The van der Waals surface area contributed by atoms with Gasteiger partial charge in [0.1, 0.15) is 0 Å². The quantitative estimate of drug-likeness (QED) is 0.644. The summed E-state index contributed by atoms with van der Waals surface area (Å²) in [5.74, 6) is 1.59. The van der Waals surface area contributed by atoms with Crippen molar-refractivity contribution in [2.45, 2.75) is 20.4 Å². The van der Waals surface area contributed by atoms with Gasteiger partial charge in [-0.25, -0.2) is 4.98 Å². The van der Waals surface area contributed by atoms with Crippen molar-refractivity contribution in [3.8, 4) is 5.88 Å². The second kappa shape index (κ2) is 10.4. The molecule has 4 heterocycles. The summed E-state index contributed by atoms with van der Waals surface area (Å²) in [7, 11) is 0. The lowest BCUT2D eigenvalue weighted by Gasteiger charge is -2.38. The average molecular weight is 445 g/mol. The summed E-state index contributed by atoms with van der Waals surface area (Å²) in [6.07, 6.45) is 0. The van der Waals surface area contributed by atoms with E-state index in [0.717, 1.165) is 70.5 Å². The van der Waals surface area contributed by atoms with Gasteiger partial charge < -0.3 is 14.5 Å². The largest absolute Gasteiger partial charge is 0.478 e. The molecular formula is C22H32N6O2S. The third-order valence-corrected chi connectivity index (χ3v) is 6.57. The van der Waals surface area contributed by atoms with Crippen LogP contribution in [0.2, 0.25) is 0 Å². The van der Waals surface area contributed by atoms with E-state index in [1.807, 2.05) is 24.8 Å². The maximum Gasteiger partial charge on any atom is 0.236 e. The maximum absolute atomic E-state index is 12.8. The lowest BCUT2D eigenvalue weighted by atomic mass is 10.2. The van der Waals surface area contributed by atoms with Crippen LogP contribution in [0.5, 0.6) is 5.88 Å². The standard InChI is InChI=1S/C22H32N6O2S/c1-3-30-20-14-18(2)23-22(24-20)28-11-7-26(8-12-28)16-21(29)27-9-5-25(6-10-27)15-19-4-13-31-17-19/h4,13-14,17H,3,5-12,15-16H2,1-2H3. The topological polar surface area (TPSA) is 65.0 Å². The van der Waals surface area contributed by atoms with Crippen LogP contribution in [0.25, 0.3) is 0 Å². The van der Waals surface area contributed by atoms with Gasteiger partial charge in [-0.1, -0.05) is 0 Å². The summed E-state index contributed by atoms with van der Waals surface area (Å²) in [5.41, 5.74) is 2.28. The van der Waals surface area contributed by atoms with Crippen LogP contribution in [0.3, 0.4) is 0 Å². The van der Waals surface area contributed by atoms with E-state index in [-0.39, 0.29) is 5.91 Å². The van der Waals surface area contributed by atoms with Crippen molar-refractivity contribution in [3.63, 3.8) is 0 Å². The molecule has 9 heteroatoms. The molecule has 2 aromatic rings. The molecular weight excluding hydrogens is 412 g/mol. The number of thiophene rings is 1. The third-order valence-electron chi connectivity index (χ3n) is 5.84. The van der Waals surface area contributed by atoms with Gasteiger partial charge in [0.15, 0.2) is 0 Å². The number of carbonyl (C=O) groups is 1. The van der Waals surface area contributed by atoms with Gasteiger partial charge >= 0.3 is 0 Å². The zero-order valence-electron chi connectivity index (χ0n) is 18.5. The Morgan fingerprint density at radius 3 is 2.48 bits per heavy atom. The predicted molar refractivity (Wildman–Crippen MR) is 123 cm³/mol. The van der Waals surface area contributed by atoms with Crippen LogP contribution in [-0.4, -0.2) is 96.1 Å². The molecule has 4 rings (SSSR count). The minimum absolute atomic E-state index is 0.245. The van der Waals surface area contributed by atoms with E-state index >= 15 is 0 Å². The van der Waals surface area contributed by atoms with Crippen molar-refractivity contribution in [2.75, 3.05) is 70.4 Å². The fourth-order valence-corrected chi connectivity index (χ4v) is 4.74. The third kappa shape index (κ3) is 5.93. The molecule has 1 amide bonds. The number of piperazine rings is 2. The van der Waals surface area contributed by atoms with Crippen LogP contribution in [0.1, 0.15) is 18.2 Å². The molecule has 0 N–H and O–H groups in total. The van der Waals surface area contributed by atoms with Crippen molar-refractivity contribution in [3.05, 3.63) is 34.2 Å². The summed E-state index contributed by atoms with van der Waals surface area (Å²) in [6, 6.07) is 4.04. The molecule has 31 heavy (non-hydrogen) atoms. The van der Waals surface area contributed by atoms with Crippen molar-refractivity contribution in [2.24, 2.45) is 0 Å². The Balaban J connectivity index is 1.22. The van der Waals surface area contributed by atoms with Gasteiger partial charge in [-0.2, -0.15) is 16.3 Å².